The Hall–Kier alpha value is -5.12. The number of hydrogen-bond acceptors (Lipinski definition) is 11. The monoisotopic (exact) mass is 665 g/mol. The van der Waals surface area contributed by atoms with Gasteiger partial charge in [0.05, 0.1) is 38.4 Å². The molecule has 0 radical (unpaired) electrons. The van der Waals surface area contributed by atoms with Gasteiger partial charge in [0.2, 0.25) is 11.8 Å². The standard InChI is InChI=1S/C32H34F3N9O4/c1-31(18-47-19-31)48-27-24(32(33,34)35)15-38-28(43-27)42-22-8-10-23(11-9-22)44(30(45)41-12-20-6-4-3-5-7-20)26-17-36-25(16-37-26)21-13-39-29(46-2)40-14-21/h3-7,13-17,22-23H,8-12,18-19H2,1-2H3,(H,41,45)(H,38,42,43). The molecular weight excluding hydrogens is 631 g/mol. The highest BCUT2D eigenvalue weighted by molar-refractivity contribution is 5.91. The third-order valence-electron chi connectivity index (χ3n) is 8.11. The number of nitrogens with zero attached hydrogens (tertiary/aromatic N) is 7. The molecule has 4 aromatic rings. The summed E-state index contributed by atoms with van der Waals surface area (Å²) < 4.78 is 56.8. The lowest BCUT2D eigenvalue weighted by atomic mass is 9.90. The molecule has 6 rings (SSSR count). The molecule has 0 bridgehead atoms. The molecule has 4 heterocycles. The van der Waals surface area contributed by atoms with Crippen LogP contribution in [-0.2, 0) is 17.5 Å². The van der Waals surface area contributed by atoms with E-state index in [0.717, 1.165) is 11.8 Å². The average Bonchev–Trinajstić information content (AvgIpc) is 3.08. The van der Waals surface area contributed by atoms with Crippen LogP contribution >= 0.6 is 0 Å². The van der Waals surface area contributed by atoms with Gasteiger partial charge in [0.15, 0.2) is 11.4 Å². The number of rotatable bonds is 10. The van der Waals surface area contributed by atoms with Gasteiger partial charge in [-0.25, -0.2) is 24.7 Å². The number of carbonyl (C=O) groups excluding carboxylic acids is 1. The number of ether oxygens (including phenoxy) is 3. The van der Waals surface area contributed by atoms with E-state index in [2.05, 4.69) is 40.5 Å². The van der Waals surface area contributed by atoms with Crippen molar-refractivity contribution in [3.8, 4) is 23.1 Å². The van der Waals surface area contributed by atoms with Crippen molar-refractivity contribution in [3.63, 3.8) is 0 Å². The van der Waals surface area contributed by atoms with Crippen molar-refractivity contribution in [2.45, 2.75) is 63.0 Å². The lowest BCUT2D eigenvalue weighted by Gasteiger charge is -2.38. The van der Waals surface area contributed by atoms with Crippen LogP contribution in [0.5, 0.6) is 11.9 Å². The van der Waals surface area contributed by atoms with Gasteiger partial charge < -0.3 is 24.8 Å². The molecule has 1 saturated carbocycles. The van der Waals surface area contributed by atoms with Crippen molar-refractivity contribution in [2.24, 2.45) is 0 Å². The zero-order valence-electron chi connectivity index (χ0n) is 26.3. The minimum atomic E-state index is -4.68. The molecule has 48 heavy (non-hydrogen) atoms. The Balaban J connectivity index is 1.16. The van der Waals surface area contributed by atoms with Gasteiger partial charge in [-0.3, -0.25) is 9.88 Å². The molecular formula is C32H34F3N9O4. The fourth-order valence-electron chi connectivity index (χ4n) is 5.51. The van der Waals surface area contributed by atoms with Gasteiger partial charge in [-0.1, -0.05) is 30.3 Å². The minimum absolute atomic E-state index is 0.0340. The Kier molecular flexibility index (Phi) is 9.52. The lowest BCUT2D eigenvalue weighted by molar-refractivity contribution is -0.162. The molecule has 0 atom stereocenters. The van der Waals surface area contributed by atoms with E-state index in [1.54, 1.807) is 30.4 Å². The Morgan fingerprint density at radius 2 is 1.71 bits per heavy atom. The van der Waals surface area contributed by atoms with Gasteiger partial charge >= 0.3 is 18.2 Å². The Morgan fingerprint density at radius 3 is 2.31 bits per heavy atom. The highest BCUT2D eigenvalue weighted by Gasteiger charge is 2.42. The summed E-state index contributed by atoms with van der Waals surface area (Å²) in [6.45, 7) is 2.32. The largest absolute Gasteiger partial charge is 0.467 e. The molecule has 252 valence electrons. The minimum Gasteiger partial charge on any atom is -0.467 e. The third kappa shape index (κ3) is 7.70. The van der Waals surface area contributed by atoms with Crippen molar-refractivity contribution in [3.05, 3.63) is 72.4 Å². The van der Waals surface area contributed by atoms with E-state index < -0.39 is 23.2 Å². The second-order valence-corrected chi connectivity index (χ2v) is 11.8. The van der Waals surface area contributed by atoms with Gasteiger partial charge in [0.1, 0.15) is 5.56 Å². The fourth-order valence-corrected chi connectivity index (χ4v) is 5.51. The van der Waals surface area contributed by atoms with Crippen LogP contribution in [-0.4, -0.2) is 73.9 Å². The molecule has 2 aliphatic rings. The maximum atomic E-state index is 13.7. The van der Waals surface area contributed by atoms with Crippen LogP contribution in [0.3, 0.4) is 0 Å². The van der Waals surface area contributed by atoms with E-state index in [1.807, 2.05) is 30.3 Å². The normalized spacial score (nSPS) is 18.7. The summed E-state index contributed by atoms with van der Waals surface area (Å²) >= 11 is 0. The van der Waals surface area contributed by atoms with Crippen molar-refractivity contribution in [1.29, 1.82) is 0 Å². The quantitative estimate of drug-likeness (QED) is 0.234. The molecule has 1 aliphatic heterocycles. The van der Waals surface area contributed by atoms with E-state index in [-0.39, 0.29) is 43.3 Å². The van der Waals surface area contributed by atoms with Crippen LogP contribution in [0.15, 0.2) is 61.3 Å². The van der Waals surface area contributed by atoms with Gasteiger partial charge in [0, 0.05) is 42.8 Å². The number of urea groups is 1. The van der Waals surface area contributed by atoms with Gasteiger partial charge in [-0.15, -0.1) is 0 Å². The summed E-state index contributed by atoms with van der Waals surface area (Å²) in [6.07, 6.45) is 4.63. The maximum absolute atomic E-state index is 13.7. The summed E-state index contributed by atoms with van der Waals surface area (Å²) in [5, 5.41) is 6.15. The molecule has 1 aliphatic carbocycles. The topological polar surface area (TPSA) is 149 Å². The number of nitrogens with one attached hydrogen (secondary N) is 2. The Labute approximate surface area is 274 Å². The third-order valence-corrected chi connectivity index (χ3v) is 8.11. The number of halogens is 3. The smallest absolute Gasteiger partial charge is 0.423 e. The summed E-state index contributed by atoms with van der Waals surface area (Å²) in [5.74, 6) is -0.132. The van der Waals surface area contributed by atoms with Gasteiger partial charge in [-0.05, 0) is 38.2 Å². The number of aromatic nitrogens is 6. The van der Waals surface area contributed by atoms with Crippen molar-refractivity contribution >= 4 is 17.8 Å². The van der Waals surface area contributed by atoms with Gasteiger partial charge in [0.25, 0.3) is 0 Å². The SMILES string of the molecule is COc1ncc(-c2cnc(N(C(=O)NCc3ccccc3)C3CCC(Nc4ncc(C(F)(F)F)c(OC5(C)COC5)n4)CC3)cn2)cn1. The summed E-state index contributed by atoms with van der Waals surface area (Å²) in [7, 11) is 1.48. The maximum Gasteiger partial charge on any atom is 0.423 e. The van der Waals surface area contributed by atoms with E-state index >= 15 is 0 Å². The summed E-state index contributed by atoms with van der Waals surface area (Å²) in [4.78, 5) is 40.7. The number of amides is 2. The van der Waals surface area contributed by atoms with E-state index in [4.69, 9.17) is 14.2 Å². The molecule has 16 heteroatoms. The molecule has 2 N–H and O–H groups in total. The predicted molar refractivity (Wildman–Crippen MR) is 167 cm³/mol. The molecule has 1 saturated heterocycles. The molecule has 1 aromatic carbocycles. The highest BCUT2D eigenvalue weighted by Crippen LogP contribution is 2.38. The van der Waals surface area contributed by atoms with E-state index in [9.17, 15) is 18.0 Å². The van der Waals surface area contributed by atoms with Crippen LogP contribution in [0, 0.1) is 0 Å². The molecule has 2 amide bonds. The molecule has 3 aromatic heterocycles. The first-order valence-corrected chi connectivity index (χ1v) is 15.4. The molecule has 0 spiro atoms. The Morgan fingerprint density at radius 1 is 0.979 bits per heavy atom. The summed E-state index contributed by atoms with van der Waals surface area (Å²) in [6, 6.07) is 9.08. The van der Waals surface area contributed by atoms with Crippen molar-refractivity contribution < 1.29 is 32.2 Å². The van der Waals surface area contributed by atoms with Crippen LogP contribution in [0.4, 0.5) is 29.7 Å². The number of alkyl halides is 3. The second kappa shape index (κ2) is 13.9. The lowest BCUT2D eigenvalue weighted by Crippen LogP contribution is -2.52. The second-order valence-electron chi connectivity index (χ2n) is 11.8. The average molecular weight is 666 g/mol. The van der Waals surface area contributed by atoms with Crippen LogP contribution in [0.25, 0.3) is 11.3 Å². The molecule has 13 nitrogen and oxygen atoms in total. The van der Waals surface area contributed by atoms with Crippen LogP contribution in [0.1, 0.15) is 43.7 Å². The predicted octanol–water partition coefficient (Wildman–Crippen LogP) is 5.06. The van der Waals surface area contributed by atoms with E-state index in [1.165, 1.54) is 13.3 Å². The first kappa shape index (κ1) is 32.8. The molecule has 0 unspecified atom stereocenters. The number of anilines is 2. The number of carbonyl (C=O) groups is 1. The fraction of sp³-hybridized carbons (Fsp3) is 0.406. The zero-order chi connectivity index (χ0) is 33.7. The number of benzene rings is 1. The van der Waals surface area contributed by atoms with Crippen molar-refractivity contribution in [2.75, 3.05) is 30.5 Å². The summed E-state index contributed by atoms with van der Waals surface area (Å²) in [5.41, 5.74) is 0.165. The van der Waals surface area contributed by atoms with Crippen molar-refractivity contribution in [1.82, 2.24) is 35.2 Å². The first-order valence-electron chi connectivity index (χ1n) is 15.4. The van der Waals surface area contributed by atoms with Crippen LogP contribution in [0.2, 0.25) is 0 Å². The number of methoxy groups -OCH3 is 1. The number of hydrogen-bond donors (Lipinski definition) is 2. The van der Waals surface area contributed by atoms with Crippen LogP contribution < -0.4 is 25.0 Å². The molecule has 2 fully saturated rings. The highest BCUT2D eigenvalue weighted by atomic mass is 19.4. The zero-order valence-corrected chi connectivity index (χ0v) is 26.3. The van der Waals surface area contributed by atoms with E-state index in [0.29, 0.717) is 49.3 Å². The first-order chi connectivity index (χ1) is 23.1. The Bertz CT molecular complexity index is 1680. The van der Waals surface area contributed by atoms with Gasteiger partial charge in [-0.2, -0.15) is 18.2 Å².